The van der Waals surface area contributed by atoms with E-state index < -0.39 is 17.7 Å². The molecule has 1 unspecified atom stereocenters. The van der Waals surface area contributed by atoms with Crippen molar-refractivity contribution in [1.29, 1.82) is 0 Å². The standard InChI is InChI=1S/C9H17BO4/c1-6(4-13-2)9(5-11)7(12)3-8(10)14-9/h6-8,11-12H,3-5H2,1-2H3/t6?,7-,8+,9-/m0/s1. The second-order valence-corrected chi connectivity index (χ2v) is 3.88. The molecule has 2 radical (unpaired) electrons. The summed E-state index contributed by atoms with van der Waals surface area (Å²) >= 11 is 0. The van der Waals surface area contributed by atoms with Crippen LogP contribution in [0.2, 0.25) is 0 Å². The first kappa shape index (κ1) is 12.0. The maximum Gasteiger partial charge on any atom is 0.121 e. The molecule has 1 aliphatic heterocycles. The number of hydrogen-bond donors (Lipinski definition) is 2. The zero-order chi connectivity index (χ0) is 10.8. The van der Waals surface area contributed by atoms with Gasteiger partial charge in [-0.25, -0.2) is 0 Å². The molecule has 1 heterocycles. The number of aliphatic hydroxyl groups is 2. The second-order valence-electron chi connectivity index (χ2n) is 3.88. The van der Waals surface area contributed by atoms with Crippen LogP contribution < -0.4 is 0 Å². The van der Waals surface area contributed by atoms with Crippen molar-refractivity contribution in [3.63, 3.8) is 0 Å². The van der Waals surface area contributed by atoms with Crippen LogP contribution in [0.3, 0.4) is 0 Å². The molecular formula is C9H17BO4. The maximum atomic E-state index is 9.79. The number of rotatable bonds is 4. The van der Waals surface area contributed by atoms with Gasteiger partial charge in [0.05, 0.1) is 19.3 Å². The average molecular weight is 200 g/mol. The lowest BCUT2D eigenvalue weighted by molar-refractivity contribution is -0.140. The van der Waals surface area contributed by atoms with Crippen LogP contribution in [0.25, 0.3) is 0 Å². The minimum absolute atomic E-state index is 0.0963. The Kier molecular flexibility index (Phi) is 3.95. The molecule has 1 fully saturated rings. The Bertz CT molecular complexity index is 190. The fraction of sp³-hybridized carbons (Fsp3) is 1.00. The van der Waals surface area contributed by atoms with E-state index in [-0.39, 0.29) is 12.5 Å². The van der Waals surface area contributed by atoms with Crippen LogP contribution in [0.4, 0.5) is 0 Å². The maximum absolute atomic E-state index is 9.79. The zero-order valence-corrected chi connectivity index (χ0v) is 8.64. The van der Waals surface area contributed by atoms with Crippen LogP contribution >= 0.6 is 0 Å². The van der Waals surface area contributed by atoms with Gasteiger partial charge in [-0.1, -0.05) is 6.92 Å². The van der Waals surface area contributed by atoms with E-state index in [1.54, 1.807) is 7.11 Å². The Morgan fingerprint density at radius 3 is 2.71 bits per heavy atom. The van der Waals surface area contributed by atoms with E-state index in [0.29, 0.717) is 13.0 Å². The molecule has 0 aromatic rings. The highest BCUT2D eigenvalue weighted by Gasteiger charge is 2.49. The van der Waals surface area contributed by atoms with Crippen molar-refractivity contribution in [2.75, 3.05) is 20.3 Å². The van der Waals surface area contributed by atoms with Crippen molar-refractivity contribution in [3.05, 3.63) is 0 Å². The molecule has 0 aromatic carbocycles. The molecule has 0 bridgehead atoms. The molecule has 2 N–H and O–H groups in total. The van der Waals surface area contributed by atoms with Crippen LogP contribution in [0.15, 0.2) is 0 Å². The molecule has 5 heteroatoms. The lowest BCUT2D eigenvalue weighted by atomic mass is 9.84. The normalized spacial score (nSPS) is 40.0. The van der Waals surface area contributed by atoms with Gasteiger partial charge in [-0.2, -0.15) is 0 Å². The van der Waals surface area contributed by atoms with Crippen LogP contribution in [0.1, 0.15) is 13.3 Å². The molecule has 0 amide bonds. The molecule has 1 rings (SSSR count). The highest BCUT2D eigenvalue weighted by Crippen LogP contribution is 2.35. The predicted molar refractivity (Wildman–Crippen MR) is 52.1 cm³/mol. The predicted octanol–water partition coefficient (Wildman–Crippen LogP) is -0.724. The summed E-state index contributed by atoms with van der Waals surface area (Å²) in [7, 11) is 7.15. The first-order valence-electron chi connectivity index (χ1n) is 4.78. The van der Waals surface area contributed by atoms with Gasteiger partial charge in [-0.3, -0.25) is 0 Å². The molecule has 0 saturated carbocycles. The van der Waals surface area contributed by atoms with Crippen LogP contribution in [0, 0.1) is 5.92 Å². The molecule has 0 spiro atoms. The molecule has 80 valence electrons. The summed E-state index contributed by atoms with van der Waals surface area (Å²) < 4.78 is 10.4. The van der Waals surface area contributed by atoms with Gasteiger partial charge in [0.15, 0.2) is 0 Å². The molecule has 1 saturated heterocycles. The summed E-state index contributed by atoms with van der Waals surface area (Å²) in [6.07, 6.45) is -0.373. The summed E-state index contributed by atoms with van der Waals surface area (Å²) in [5.41, 5.74) is -0.963. The van der Waals surface area contributed by atoms with Crippen molar-refractivity contribution < 1.29 is 19.7 Å². The largest absolute Gasteiger partial charge is 0.393 e. The van der Waals surface area contributed by atoms with Gasteiger partial charge in [0.1, 0.15) is 13.4 Å². The summed E-state index contributed by atoms with van der Waals surface area (Å²) in [6, 6.07) is -0.503. The number of hydrogen-bond acceptors (Lipinski definition) is 4. The van der Waals surface area contributed by atoms with Crippen molar-refractivity contribution >= 4 is 7.85 Å². The summed E-state index contributed by atoms with van der Waals surface area (Å²) in [5, 5.41) is 19.1. The zero-order valence-electron chi connectivity index (χ0n) is 8.64. The summed E-state index contributed by atoms with van der Waals surface area (Å²) in [5.74, 6) is -0.0963. The van der Waals surface area contributed by atoms with Gasteiger partial charge < -0.3 is 19.7 Å². The molecular weight excluding hydrogens is 183 g/mol. The van der Waals surface area contributed by atoms with Crippen molar-refractivity contribution in [2.45, 2.75) is 31.1 Å². The second kappa shape index (κ2) is 4.62. The fourth-order valence-electron chi connectivity index (χ4n) is 1.96. The number of aliphatic hydroxyl groups excluding tert-OH is 2. The van der Waals surface area contributed by atoms with Crippen molar-refractivity contribution in [1.82, 2.24) is 0 Å². The third kappa shape index (κ3) is 1.96. The van der Waals surface area contributed by atoms with E-state index in [1.165, 1.54) is 0 Å². The van der Waals surface area contributed by atoms with Gasteiger partial charge in [0.2, 0.25) is 0 Å². The average Bonchev–Trinajstić information content (AvgIpc) is 2.42. The fourth-order valence-corrected chi connectivity index (χ4v) is 1.96. The summed E-state index contributed by atoms with van der Waals surface area (Å²) in [6.45, 7) is 2.04. The van der Waals surface area contributed by atoms with Crippen molar-refractivity contribution in [2.24, 2.45) is 5.92 Å². The van der Waals surface area contributed by atoms with Crippen LogP contribution in [0.5, 0.6) is 0 Å². The Labute approximate surface area is 85.6 Å². The van der Waals surface area contributed by atoms with Gasteiger partial charge >= 0.3 is 0 Å². The molecule has 4 atom stereocenters. The highest BCUT2D eigenvalue weighted by atomic mass is 16.5. The molecule has 4 nitrogen and oxygen atoms in total. The summed E-state index contributed by atoms with van der Waals surface area (Å²) in [4.78, 5) is 0. The van der Waals surface area contributed by atoms with Crippen LogP contribution in [-0.4, -0.2) is 56.1 Å². The van der Waals surface area contributed by atoms with Gasteiger partial charge in [0, 0.05) is 19.0 Å². The number of ether oxygens (including phenoxy) is 2. The van der Waals surface area contributed by atoms with Gasteiger partial charge in [-0.15, -0.1) is 0 Å². The lowest BCUT2D eigenvalue weighted by Gasteiger charge is -2.35. The molecule has 0 aromatic heterocycles. The van der Waals surface area contributed by atoms with E-state index >= 15 is 0 Å². The topological polar surface area (TPSA) is 58.9 Å². The van der Waals surface area contributed by atoms with E-state index in [1.807, 2.05) is 6.92 Å². The first-order valence-corrected chi connectivity index (χ1v) is 4.78. The lowest BCUT2D eigenvalue weighted by Crippen LogP contribution is -2.50. The van der Waals surface area contributed by atoms with Gasteiger partial charge in [-0.05, 0) is 6.42 Å². The van der Waals surface area contributed by atoms with Crippen LogP contribution in [-0.2, 0) is 9.47 Å². The first-order chi connectivity index (χ1) is 6.56. The van der Waals surface area contributed by atoms with E-state index in [0.717, 1.165) is 0 Å². The smallest absolute Gasteiger partial charge is 0.121 e. The quantitative estimate of drug-likeness (QED) is 0.587. The van der Waals surface area contributed by atoms with E-state index in [4.69, 9.17) is 17.3 Å². The Morgan fingerprint density at radius 1 is 1.71 bits per heavy atom. The Balaban J connectivity index is 2.74. The van der Waals surface area contributed by atoms with E-state index in [9.17, 15) is 10.2 Å². The van der Waals surface area contributed by atoms with Gasteiger partial charge in [0.25, 0.3) is 0 Å². The third-order valence-electron chi connectivity index (χ3n) is 2.89. The molecule has 0 aliphatic carbocycles. The minimum atomic E-state index is -0.963. The minimum Gasteiger partial charge on any atom is -0.393 e. The number of methoxy groups -OCH3 is 1. The molecule has 14 heavy (non-hydrogen) atoms. The molecule has 1 aliphatic rings. The SMILES string of the molecule is [B][C@H]1C[C@H](O)[C@](CO)(C(C)COC)O1. The Morgan fingerprint density at radius 2 is 2.36 bits per heavy atom. The van der Waals surface area contributed by atoms with E-state index in [2.05, 4.69) is 0 Å². The highest BCUT2D eigenvalue weighted by molar-refractivity contribution is 6.11. The third-order valence-corrected chi connectivity index (χ3v) is 2.89. The van der Waals surface area contributed by atoms with Crippen molar-refractivity contribution in [3.8, 4) is 0 Å². The Hall–Kier alpha value is -0.0951. The monoisotopic (exact) mass is 200 g/mol.